The first-order chi connectivity index (χ1) is 21.8. The molecule has 9 nitrogen and oxygen atoms in total. The van der Waals surface area contributed by atoms with E-state index >= 15 is 0 Å². The van der Waals surface area contributed by atoms with Crippen LogP contribution in [0.25, 0.3) is 16.0 Å². The molecule has 46 heavy (non-hydrogen) atoms. The van der Waals surface area contributed by atoms with Gasteiger partial charge in [0.25, 0.3) is 11.8 Å². The number of hydrogen-bond acceptors (Lipinski definition) is 7. The van der Waals surface area contributed by atoms with Gasteiger partial charge < -0.3 is 24.8 Å². The molecule has 2 atom stereocenters. The summed E-state index contributed by atoms with van der Waals surface area (Å²) in [4.78, 5) is 31.4. The Kier molecular flexibility index (Phi) is 9.39. The highest BCUT2D eigenvalue weighted by Gasteiger charge is 2.32. The number of allylic oxidation sites excluding steroid dienone is 1. The average molecular weight is 653 g/mol. The van der Waals surface area contributed by atoms with Gasteiger partial charge in [0, 0.05) is 42.8 Å². The maximum absolute atomic E-state index is 14.6. The molecule has 2 aromatic carbocycles. The van der Waals surface area contributed by atoms with Gasteiger partial charge in [0.05, 0.1) is 11.0 Å². The highest BCUT2D eigenvalue weighted by atomic mass is 32.1. The van der Waals surface area contributed by atoms with Crippen molar-refractivity contribution in [1.29, 1.82) is 0 Å². The number of nitrogens with zero attached hydrogens (tertiary/aromatic N) is 3. The molecule has 2 aromatic heterocycles. The third kappa shape index (κ3) is 7.33. The summed E-state index contributed by atoms with van der Waals surface area (Å²) in [5.74, 6) is -3.14. The summed E-state index contributed by atoms with van der Waals surface area (Å²) in [6.07, 6.45) is 3.20. The van der Waals surface area contributed by atoms with Crippen LogP contribution in [0.5, 0.6) is 11.5 Å². The molecule has 1 saturated heterocycles. The lowest BCUT2D eigenvalue weighted by atomic mass is 9.98. The zero-order chi connectivity index (χ0) is 33.2. The molecule has 4 aromatic rings. The molecule has 0 spiro atoms. The van der Waals surface area contributed by atoms with E-state index in [-0.39, 0.29) is 34.0 Å². The van der Waals surface area contributed by atoms with E-state index in [9.17, 15) is 18.4 Å². The zero-order valence-corrected chi connectivity index (χ0v) is 27.1. The first-order valence-corrected chi connectivity index (χ1v) is 15.9. The van der Waals surface area contributed by atoms with E-state index in [4.69, 9.17) is 19.9 Å². The molecule has 5 rings (SSSR count). The molecular formula is C34H38F2N4O5S. The number of rotatable bonds is 9. The van der Waals surface area contributed by atoms with Crippen molar-refractivity contribution in [1.82, 2.24) is 14.5 Å². The van der Waals surface area contributed by atoms with Crippen molar-refractivity contribution in [2.45, 2.75) is 70.7 Å². The molecule has 244 valence electrons. The van der Waals surface area contributed by atoms with E-state index < -0.39 is 23.5 Å². The Morgan fingerprint density at radius 3 is 2.61 bits per heavy atom. The van der Waals surface area contributed by atoms with Crippen molar-refractivity contribution >= 4 is 34.4 Å². The monoisotopic (exact) mass is 652 g/mol. The van der Waals surface area contributed by atoms with Crippen molar-refractivity contribution in [2.75, 3.05) is 13.1 Å². The molecule has 3 heterocycles. The number of alkyl halides is 2. The fourth-order valence-electron chi connectivity index (χ4n) is 5.38. The van der Waals surface area contributed by atoms with E-state index in [0.717, 1.165) is 29.7 Å². The Balaban J connectivity index is 1.36. The van der Waals surface area contributed by atoms with Crippen molar-refractivity contribution in [3.63, 3.8) is 0 Å². The Bertz CT molecular complexity index is 1740. The number of ether oxygens (including phenoxy) is 3. The molecule has 2 amide bonds. The molecule has 0 unspecified atom stereocenters. The van der Waals surface area contributed by atoms with Crippen molar-refractivity contribution in [3.8, 4) is 16.5 Å². The number of benzene rings is 2. The fraction of sp³-hybridized carbons (Fsp3) is 0.382. The molecule has 12 heteroatoms. The number of imidazole rings is 1. The predicted octanol–water partition coefficient (Wildman–Crippen LogP) is 7.77. The number of primary amides is 1. The minimum absolute atomic E-state index is 0.0951. The summed E-state index contributed by atoms with van der Waals surface area (Å²) in [7, 11) is 0. The highest BCUT2D eigenvalue weighted by Crippen LogP contribution is 2.39. The SMILES string of the molecule is C=CC(F)(F)c1ccccc1[C@@H](C)Oc1cc(-n2cnc3ccc(O[C@@H]4CCCN(C(=O)OC(C)(C)C)CC4)cc32)sc1C(N)=O. The van der Waals surface area contributed by atoms with Gasteiger partial charge in [0.2, 0.25) is 0 Å². The number of carbonyl (C=O) groups excluding carboxylic acids is 2. The molecular weight excluding hydrogens is 614 g/mol. The molecule has 0 bridgehead atoms. The predicted molar refractivity (Wildman–Crippen MR) is 173 cm³/mol. The molecule has 0 saturated carbocycles. The Morgan fingerprint density at radius 1 is 1.13 bits per heavy atom. The third-order valence-corrected chi connectivity index (χ3v) is 8.74. The number of hydrogen-bond donors (Lipinski definition) is 1. The third-order valence-electron chi connectivity index (χ3n) is 7.61. The first kappa shape index (κ1) is 32.9. The van der Waals surface area contributed by atoms with Crippen molar-refractivity contribution < 1.29 is 32.6 Å². The molecule has 1 aliphatic rings. The Morgan fingerprint density at radius 2 is 1.89 bits per heavy atom. The van der Waals surface area contributed by atoms with Gasteiger partial charge in [-0.05, 0) is 58.7 Å². The maximum Gasteiger partial charge on any atom is 0.410 e. The van der Waals surface area contributed by atoms with Gasteiger partial charge in [-0.25, -0.2) is 9.78 Å². The smallest absolute Gasteiger partial charge is 0.410 e. The number of thiophene rings is 1. The van der Waals surface area contributed by atoms with Crippen LogP contribution in [-0.2, 0) is 10.7 Å². The Hall–Kier alpha value is -4.45. The lowest BCUT2D eigenvalue weighted by molar-refractivity contribution is 0.0251. The van der Waals surface area contributed by atoms with E-state index in [1.807, 2.05) is 39.0 Å². The second-order valence-corrected chi connectivity index (χ2v) is 13.3. The van der Waals surface area contributed by atoms with E-state index in [0.29, 0.717) is 41.9 Å². The number of fused-ring (bicyclic) bond motifs is 1. The normalized spacial score (nSPS) is 16.5. The summed E-state index contributed by atoms with van der Waals surface area (Å²) in [6, 6.07) is 13.3. The van der Waals surface area contributed by atoms with E-state index in [1.54, 1.807) is 40.9 Å². The second-order valence-electron chi connectivity index (χ2n) is 12.2. The lowest BCUT2D eigenvalue weighted by Gasteiger charge is -2.26. The summed E-state index contributed by atoms with van der Waals surface area (Å²) >= 11 is 1.11. The number of aromatic nitrogens is 2. The topological polar surface area (TPSA) is 109 Å². The zero-order valence-electron chi connectivity index (χ0n) is 26.3. The fourth-order valence-corrected chi connectivity index (χ4v) is 6.31. The maximum atomic E-state index is 14.6. The van der Waals surface area contributed by atoms with Gasteiger partial charge in [-0.15, -0.1) is 11.3 Å². The van der Waals surface area contributed by atoms with Gasteiger partial charge in [-0.1, -0.05) is 30.8 Å². The molecule has 1 fully saturated rings. The lowest BCUT2D eigenvalue weighted by Crippen LogP contribution is -2.37. The van der Waals surface area contributed by atoms with E-state index in [2.05, 4.69) is 11.6 Å². The van der Waals surface area contributed by atoms with Crippen LogP contribution in [0.3, 0.4) is 0 Å². The van der Waals surface area contributed by atoms with E-state index in [1.165, 1.54) is 12.1 Å². The standard InChI is InChI=1S/C34H38F2N4O5S/c1-6-34(35,36)25-12-8-7-11-24(25)21(2)43-28-19-29(46-30(28)31(37)41)40-20-38-26-14-13-23(18-27(26)40)44-22-10-9-16-39(17-15-22)32(42)45-33(3,4)5/h6-8,11-14,18-22H,1,9-10,15-17H2,2-5H3,(H2,37,41)/t21-,22-/m1/s1. The van der Waals surface area contributed by atoms with Crippen LogP contribution in [0.2, 0.25) is 0 Å². The Labute approximate surface area is 270 Å². The average Bonchev–Trinajstić information content (AvgIpc) is 3.53. The van der Waals surface area contributed by atoms with Crippen molar-refractivity contribution in [3.05, 3.63) is 83.5 Å². The molecule has 0 aliphatic carbocycles. The van der Waals surface area contributed by atoms with Crippen LogP contribution < -0.4 is 15.2 Å². The van der Waals surface area contributed by atoms with Gasteiger partial charge in [-0.2, -0.15) is 8.78 Å². The first-order valence-electron chi connectivity index (χ1n) is 15.1. The second kappa shape index (κ2) is 13.1. The van der Waals surface area contributed by atoms with Gasteiger partial charge in [-0.3, -0.25) is 9.36 Å². The number of carbonyl (C=O) groups is 2. The molecule has 2 N–H and O–H groups in total. The number of amides is 2. The van der Waals surface area contributed by atoms with Crippen LogP contribution in [-0.4, -0.2) is 51.2 Å². The van der Waals surface area contributed by atoms with Crippen molar-refractivity contribution in [2.24, 2.45) is 5.73 Å². The molecule has 1 aliphatic heterocycles. The number of nitrogens with two attached hydrogens (primary N) is 1. The van der Waals surface area contributed by atoms with Crippen LogP contribution in [0.4, 0.5) is 13.6 Å². The summed E-state index contributed by atoms with van der Waals surface area (Å²) < 4.78 is 49.0. The van der Waals surface area contributed by atoms with Gasteiger partial charge in [0.1, 0.15) is 45.5 Å². The minimum Gasteiger partial charge on any atom is -0.490 e. The molecule has 0 radical (unpaired) electrons. The van der Waals surface area contributed by atoms with Crippen LogP contribution in [0.1, 0.15) is 73.9 Å². The van der Waals surface area contributed by atoms with Crippen LogP contribution in [0.15, 0.2) is 67.5 Å². The minimum atomic E-state index is -3.26. The number of halogens is 2. The number of likely N-dealkylation sites (tertiary alicyclic amines) is 1. The van der Waals surface area contributed by atoms with Gasteiger partial charge in [0.15, 0.2) is 0 Å². The quantitative estimate of drug-likeness (QED) is 0.185. The van der Waals surface area contributed by atoms with Gasteiger partial charge >= 0.3 is 6.09 Å². The summed E-state index contributed by atoms with van der Waals surface area (Å²) in [5.41, 5.74) is 6.62. The van der Waals surface area contributed by atoms with Crippen LogP contribution >= 0.6 is 11.3 Å². The largest absolute Gasteiger partial charge is 0.490 e. The summed E-state index contributed by atoms with van der Waals surface area (Å²) in [6.45, 7) is 11.6. The highest BCUT2D eigenvalue weighted by molar-refractivity contribution is 7.16. The van der Waals surface area contributed by atoms with Crippen LogP contribution in [0, 0.1) is 0 Å². The summed E-state index contributed by atoms with van der Waals surface area (Å²) in [5, 5.41) is 0.600.